The second-order valence-corrected chi connectivity index (χ2v) is 12.1. The van der Waals surface area contributed by atoms with E-state index in [4.69, 9.17) is 4.74 Å². The topological polar surface area (TPSA) is 87.1 Å². The standard InChI is InChI=1S/C29H41NO5S/c1-8-29(9-2,20-12-13-22(18(3)15-20)35-17-23(31)28(5,6)7)24-16-19(4)25(36-24)26(32)30-14-10-11-21(30)27(33)34/h12-13,15-16,21,23,31H,8-11,14,17H2,1-7H3,(H,33,34)/t21-,23?/m0/s1. The average Bonchev–Trinajstić information content (AvgIpc) is 3.46. The van der Waals surface area contributed by atoms with Crippen LogP contribution in [0.4, 0.5) is 0 Å². The van der Waals surface area contributed by atoms with E-state index in [1.165, 1.54) is 21.8 Å². The lowest BCUT2D eigenvalue weighted by Crippen LogP contribution is -2.40. The first kappa shape index (κ1) is 28.2. The molecule has 0 bridgehead atoms. The molecule has 0 spiro atoms. The van der Waals surface area contributed by atoms with Crippen molar-refractivity contribution in [3.63, 3.8) is 0 Å². The van der Waals surface area contributed by atoms with Crippen molar-refractivity contribution in [3.05, 3.63) is 50.7 Å². The normalized spacial score (nSPS) is 17.3. The molecule has 1 aromatic carbocycles. The number of hydrogen-bond donors (Lipinski definition) is 2. The number of nitrogens with zero attached hydrogens (tertiary/aromatic N) is 1. The zero-order chi connectivity index (χ0) is 26.8. The molecule has 1 aromatic heterocycles. The molecule has 2 heterocycles. The number of carbonyl (C=O) groups is 2. The maximum Gasteiger partial charge on any atom is 0.326 e. The Morgan fingerprint density at radius 3 is 2.36 bits per heavy atom. The fourth-order valence-electron chi connectivity index (χ4n) is 5.00. The molecule has 7 heteroatoms. The average molecular weight is 516 g/mol. The molecule has 2 aromatic rings. The molecule has 1 aliphatic heterocycles. The monoisotopic (exact) mass is 515 g/mol. The van der Waals surface area contributed by atoms with E-state index >= 15 is 0 Å². The van der Waals surface area contributed by atoms with Gasteiger partial charge in [0, 0.05) is 16.8 Å². The quantitative estimate of drug-likeness (QED) is 0.431. The van der Waals surface area contributed by atoms with Gasteiger partial charge in [0.2, 0.25) is 0 Å². The molecule has 198 valence electrons. The van der Waals surface area contributed by atoms with Crippen LogP contribution in [0.2, 0.25) is 0 Å². The molecule has 1 unspecified atom stereocenters. The number of carboxylic acid groups (broad SMARTS) is 1. The highest BCUT2D eigenvalue weighted by molar-refractivity contribution is 7.14. The highest BCUT2D eigenvalue weighted by Gasteiger charge is 2.38. The fraction of sp³-hybridized carbons (Fsp3) is 0.586. The molecule has 2 N–H and O–H groups in total. The van der Waals surface area contributed by atoms with Gasteiger partial charge in [-0.3, -0.25) is 4.79 Å². The van der Waals surface area contributed by atoms with Crippen LogP contribution in [0.25, 0.3) is 0 Å². The predicted octanol–water partition coefficient (Wildman–Crippen LogP) is 5.95. The van der Waals surface area contributed by atoms with Gasteiger partial charge in [0.15, 0.2) is 0 Å². The second-order valence-electron chi connectivity index (χ2n) is 11.1. The minimum Gasteiger partial charge on any atom is -0.491 e. The van der Waals surface area contributed by atoms with Gasteiger partial charge < -0.3 is 19.8 Å². The van der Waals surface area contributed by atoms with E-state index < -0.39 is 18.1 Å². The summed E-state index contributed by atoms with van der Waals surface area (Å²) in [4.78, 5) is 28.3. The van der Waals surface area contributed by atoms with Crippen LogP contribution in [0, 0.1) is 19.3 Å². The number of thiophene rings is 1. The van der Waals surface area contributed by atoms with E-state index in [2.05, 4.69) is 32.0 Å². The largest absolute Gasteiger partial charge is 0.491 e. The first-order valence-electron chi connectivity index (χ1n) is 12.9. The van der Waals surface area contributed by atoms with Gasteiger partial charge >= 0.3 is 5.97 Å². The highest BCUT2D eigenvalue weighted by atomic mass is 32.1. The number of amides is 1. The highest BCUT2D eigenvalue weighted by Crippen LogP contribution is 2.44. The Labute approximate surface area is 219 Å². The minimum absolute atomic E-state index is 0.174. The van der Waals surface area contributed by atoms with E-state index in [1.807, 2.05) is 40.7 Å². The third-order valence-electron chi connectivity index (χ3n) is 7.71. The summed E-state index contributed by atoms with van der Waals surface area (Å²) in [6.07, 6.45) is 2.38. The number of likely N-dealkylation sites (tertiary alicyclic amines) is 1. The van der Waals surface area contributed by atoms with E-state index in [0.717, 1.165) is 34.6 Å². The summed E-state index contributed by atoms with van der Waals surface area (Å²) in [6, 6.07) is 7.60. The van der Waals surface area contributed by atoms with Crippen molar-refractivity contribution >= 4 is 23.2 Å². The predicted molar refractivity (Wildman–Crippen MR) is 144 cm³/mol. The van der Waals surface area contributed by atoms with Crippen molar-refractivity contribution in [2.75, 3.05) is 13.2 Å². The van der Waals surface area contributed by atoms with Crippen molar-refractivity contribution in [1.29, 1.82) is 0 Å². The number of aryl methyl sites for hydroxylation is 2. The third kappa shape index (κ3) is 5.47. The summed E-state index contributed by atoms with van der Waals surface area (Å²) in [7, 11) is 0. The third-order valence-corrected chi connectivity index (χ3v) is 9.14. The van der Waals surface area contributed by atoms with Gasteiger partial charge in [0.05, 0.1) is 11.0 Å². The number of rotatable bonds is 9. The first-order valence-corrected chi connectivity index (χ1v) is 13.7. The number of benzene rings is 1. The molecule has 36 heavy (non-hydrogen) atoms. The first-order chi connectivity index (χ1) is 16.9. The lowest BCUT2D eigenvalue weighted by molar-refractivity contribution is -0.141. The lowest BCUT2D eigenvalue weighted by atomic mass is 9.74. The number of ether oxygens (including phenoxy) is 1. The van der Waals surface area contributed by atoms with Gasteiger partial charge in [0.1, 0.15) is 18.4 Å². The van der Waals surface area contributed by atoms with Gasteiger partial charge in [-0.15, -0.1) is 11.3 Å². The molecule has 0 saturated carbocycles. The molecular formula is C29H41NO5S. The van der Waals surface area contributed by atoms with Gasteiger partial charge in [-0.2, -0.15) is 0 Å². The second kappa shape index (κ2) is 10.9. The summed E-state index contributed by atoms with van der Waals surface area (Å²) in [5.41, 5.74) is 2.55. The van der Waals surface area contributed by atoms with E-state index in [0.29, 0.717) is 24.3 Å². The SMILES string of the molecule is CCC(CC)(c1ccc(OCC(O)C(C)(C)C)c(C)c1)c1cc(C)c(C(=O)N2CCC[C@H]2C(=O)O)s1. The Bertz CT molecular complexity index is 1100. The molecule has 0 radical (unpaired) electrons. The number of aliphatic hydroxyl groups excluding tert-OH is 1. The Kier molecular flexibility index (Phi) is 8.56. The van der Waals surface area contributed by atoms with Gasteiger partial charge in [-0.1, -0.05) is 46.8 Å². The van der Waals surface area contributed by atoms with E-state index in [9.17, 15) is 19.8 Å². The van der Waals surface area contributed by atoms with Crippen LogP contribution in [-0.4, -0.2) is 52.3 Å². The van der Waals surface area contributed by atoms with Crippen molar-refractivity contribution in [1.82, 2.24) is 4.90 Å². The molecule has 0 aliphatic carbocycles. The summed E-state index contributed by atoms with van der Waals surface area (Å²) in [5, 5.41) is 19.9. The van der Waals surface area contributed by atoms with Crippen molar-refractivity contribution < 1.29 is 24.5 Å². The number of carboxylic acids is 1. The summed E-state index contributed by atoms with van der Waals surface area (Å²) >= 11 is 1.50. The Balaban J connectivity index is 1.92. The van der Waals surface area contributed by atoms with Gasteiger partial charge in [-0.25, -0.2) is 4.79 Å². The van der Waals surface area contributed by atoms with Crippen LogP contribution in [0.3, 0.4) is 0 Å². The lowest BCUT2D eigenvalue weighted by Gasteiger charge is -2.32. The smallest absolute Gasteiger partial charge is 0.326 e. The van der Waals surface area contributed by atoms with Crippen LogP contribution in [0.1, 0.15) is 91.5 Å². The van der Waals surface area contributed by atoms with E-state index in [-0.39, 0.29) is 23.3 Å². The number of hydrogen-bond acceptors (Lipinski definition) is 5. The minimum atomic E-state index is -0.931. The maximum absolute atomic E-state index is 13.4. The maximum atomic E-state index is 13.4. The van der Waals surface area contributed by atoms with Crippen molar-refractivity contribution in [3.8, 4) is 5.75 Å². The fourth-order valence-corrected chi connectivity index (χ4v) is 6.49. The number of carbonyl (C=O) groups excluding carboxylic acids is 1. The zero-order valence-electron chi connectivity index (χ0n) is 22.7. The van der Waals surface area contributed by atoms with Crippen LogP contribution >= 0.6 is 11.3 Å². The summed E-state index contributed by atoms with van der Waals surface area (Å²) < 4.78 is 5.96. The molecule has 3 rings (SSSR count). The summed E-state index contributed by atoms with van der Waals surface area (Å²) in [5.74, 6) is -0.346. The molecule has 1 aliphatic rings. The molecule has 6 nitrogen and oxygen atoms in total. The van der Waals surface area contributed by atoms with Gasteiger partial charge in [-0.05, 0) is 73.8 Å². The Morgan fingerprint density at radius 2 is 1.81 bits per heavy atom. The molecular weight excluding hydrogens is 474 g/mol. The van der Waals surface area contributed by atoms with Gasteiger partial charge in [0.25, 0.3) is 5.91 Å². The molecule has 1 amide bonds. The van der Waals surface area contributed by atoms with Crippen LogP contribution in [0.5, 0.6) is 5.75 Å². The Morgan fingerprint density at radius 1 is 1.14 bits per heavy atom. The van der Waals surface area contributed by atoms with Crippen molar-refractivity contribution in [2.45, 2.75) is 91.7 Å². The summed E-state index contributed by atoms with van der Waals surface area (Å²) in [6.45, 7) is 15.0. The van der Waals surface area contributed by atoms with Crippen molar-refractivity contribution in [2.24, 2.45) is 5.41 Å². The Hall–Kier alpha value is -2.38. The van der Waals surface area contributed by atoms with Crippen LogP contribution in [-0.2, 0) is 10.2 Å². The molecule has 2 atom stereocenters. The van der Waals surface area contributed by atoms with Crippen LogP contribution in [0.15, 0.2) is 24.3 Å². The zero-order valence-corrected chi connectivity index (χ0v) is 23.5. The van der Waals surface area contributed by atoms with Crippen LogP contribution < -0.4 is 4.74 Å². The molecule has 1 fully saturated rings. The molecule has 1 saturated heterocycles. The number of aliphatic hydroxyl groups is 1. The number of aliphatic carboxylic acids is 1. The van der Waals surface area contributed by atoms with E-state index in [1.54, 1.807) is 0 Å².